The number of benzene rings is 2. The Morgan fingerprint density at radius 1 is 1.03 bits per heavy atom. The summed E-state index contributed by atoms with van der Waals surface area (Å²) in [6, 6.07) is 18.1. The molecule has 0 saturated heterocycles. The number of para-hydroxylation sites is 1. The van der Waals surface area contributed by atoms with Crippen LogP contribution < -0.4 is 15.4 Å². The minimum Gasteiger partial charge on any atom is -0.497 e. The van der Waals surface area contributed by atoms with Crippen LogP contribution in [-0.2, 0) is 0 Å². The lowest BCUT2D eigenvalue weighted by molar-refractivity contribution is 0.0954. The van der Waals surface area contributed by atoms with E-state index in [2.05, 4.69) is 10.6 Å². The van der Waals surface area contributed by atoms with Gasteiger partial charge in [0.05, 0.1) is 23.9 Å². The lowest BCUT2D eigenvalue weighted by Gasteiger charge is -2.22. The van der Waals surface area contributed by atoms with E-state index in [1.807, 2.05) is 54.6 Å². The van der Waals surface area contributed by atoms with Crippen LogP contribution in [0.5, 0.6) is 5.75 Å². The number of aromatic nitrogens is 1. The average molecular weight is 454 g/mol. The van der Waals surface area contributed by atoms with Gasteiger partial charge in [-0.1, -0.05) is 37.5 Å². The number of fused-ring (bicyclic) bond motifs is 1. The number of rotatable bonds is 8. The predicted octanol–water partition coefficient (Wildman–Crippen LogP) is 5.37. The Kier molecular flexibility index (Phi) is 8.89. The quantitative estimate of drug-likeness (QED) is 0.450. The van der Waals surface area contributed by atoms with E-state index >= 15 is 0 Å². The molecule has 2 aromatic carbocycles. The number of carbonyl (C=O) groups excluding carboxylic acids is 1. The maximum Gasteiger partial charge on any atom is 0.252 e. The summed E-state index contributed by atoms with van der Waals surface area (Å²) in [6.07, 6.45) is 7.52. The molecule has 0 aliphatic heterocycles. The van der Waals surface area contributed by atoms with Crippen molar-refractivity contribution < 1.29 is 9.53 Å². The smallest absolute Gasteiger partial charge is 0.252 e. The van der Waals surface area contributed by atoms with Crippen LogP contribution in [0.3, 0.4) is 0 Å². The Balaban J connectivity index is 0.00000289. The van der Waals surface area contributed by atoms with Crippen molar-refractivity contribution in [2.45, 2.75) is 44.6 Å². The zero-order valence-electron chi connectivity index (χ0n) is 18.6. The van der Waals surface area contributed by atoms with Gasteiger partial charge in [0.25, 0.3) is 5.91 Å². The van der Waals surface area contributed by atoms with Crippen LogP contribution in [-0.4, -0.2) is 37.1 Å². The molecular formula is C26H32ClN3O2. The number of hydrogen-bond acceptors (Lipinski definition) is 4. The fraction of sp³-hybridized carbons (Fsp3) is 0.385. The van der Waals surface area contributed by atoms with Crippen molar-refractivity contribution in [1.82, 2.24) is 15.6 Å². The number of carbonyl (C=O) groups is 1. The highest BCUT2D eigenvalue weighted by Crippen LogP contribution is 2.26. The Hall–Kier alpha value is -2.63. The Bertz CT molecular complexity index is 1020. The summed E-state index contributed by atoms with van der Waals surface area (Å²) >= 11 is 0. The molecule has 1 amide bonds. The third kappa shape index (κ3) is 5.99. The summed E-state index contributed by atoms with van der Waals surface area (Å²) in [5.74, 6) is 0.746. The number of amides is 1. The van der Waals surface area contributed by atoms with Crippen LogP contribution in [0.15, 0.2) is 54.6 Å². The van der Waals surface area contributed by atoms with Gasteiger partial charge in [-0.25, -0.2) is 4.98 Å². The van der Waals surface area contributed by atoms with E-state index in [0.717, 1.165) is 40.9 Å². The molecular weight excluding hydrogens is 422 g/mol. The van der Waals surface area contributed by atoms with Crippen LogP contribution >= 0.6 is 12.4 Å². The predicted molar refractivity (Wildman–Crippen MR) is 133 cm³/mol. The van der Waals surface area contributed by atoms with Crippen molar-refractivity contribution >= 4 is 29.2 Å². The molecule has 1 aliphatic carbocycles. The molecule has 2 N–H and O–H groups in total. The number of methoxy groups -OCH3 is 1. The van der Waals surface area contributed by atoms with Gasteiger partial charge in [-0.05, 0) is 62.2 Å². The molecule has 5 nitrogen and oxygen atoms in total. The van der Waals surface area contributed by atoms with Gasteiger partial charge in [-0.3, -0.25) is 4.79 Å². The summed E-state index contributed by atoms with van der Waals surface area (Å²) < 4.78 is 5.25. The molecule has 0 atom stereocenters. The van der Waals surface area contributed by atoms with Gasteiger partial charge in [0.15, 0.2) is 0 Å². The Morgan fingerprint density at radius 3 is 2.53 bits per heavy atom. The number of ether oxygens (including phenoxy) is 1. The minimum atomic E-state index is -0.0500. The molecule has 4 rings (SSSR count). The summed E-state index contributed by atoms with van der Waals surface area (Å²) in [5, 5.41) is 7.60. The van der Waals surface area contributed by atoms with Crippen molar-refractivity contribution in [3.8, 4) is 17.0 Å². The van der Waals surface area contributed by atoms with Gasteiger partial charge in [0.1, 0.15) is 5.75 Å². The SMILES string of the molecule is COc1ccc(-c2cc(C(=O)NCCCNC3CCCCC3)c3ccccc3n2)cc1.Cl. The second-order valence-corrected chi connectivity index (χ2v) is 8.20. The average Bonchev–Trinajstić information content (AvgIpc) is 2.83. The molecule has 32 heavy (non-hydrogen) atoms. The first-order chi connectivity index (χ1) is 15.2. The van der Waals surface area contributed by atoms with Crippen molar-refractivity contribution in [3.63, 3.8) is 0 Å². The Morgan fingerprint density at radius 2 is 1.78 bits per heavy atom. The monoisotopic (exact) mass is 453 g/mol. The number of pyridine rings is 1. The fourth-order valence-electron chi connectivity index (χ4n) is 4.27. The van der Waals surface area contributed by atoms with Crippen LogP contribution in [0.1, 0.15) is 48.9 Å². The zero-order valence-corrected chi connectivity index (χ0v) is 19.4. The lowest BCUT2D eigenvalue weighted by atomic mass is 9.95. The van der Waals surface area contributed by atoms with E-state index in [-0.39, 0.29) is 18.3 Å². The first-order valence-corrected chi connectivity index (χ1v) is 11.3. The molecule has 0 spiro atoms. The summed E-state index contributed by atoms with van der Waals surface area (Å²) in [5.41, 5.74) is 3.22. The van der Waals surface area contributed by atoms with Crippen LogP contribution in [0.4, 0.5) is 0 Å². The summed E-state index contributed by atoms with van der Waals surface area (Å²) in [4.78, 5) is 17.8. The van der Waals surface area contributed by atoms with E-state index in [1.165, 1.54) is 32.1 Å². The van der Waals surface area contributed by atoms with Crippen molar-refractivity contribution in [2.24, 2.45) is 0 Å². The molecule has 3 aromatic rings. The summed E-state index contributed by atoms with van der Waals surface area (Å²) in [7, 11) is 1.65. The highest BCUT2D eigenvalue weighted by atomic mass is 35.5. The minimum absolute atomic E-state index is 0. The largest absolute Gasteiger partial charge is 0.497 e. The molecule has 1 fully saturated rings. The third-order valence-corrected chi connectivity index (χ3v) is 6.02. The summed E-state index contributed by atoms with van der Waals surface area (Å²) in [6.45, 7) is 1.60. The maximum absolute atomic E-state index is 13.0. The van der Waals surface area contributed by atoms with E-state index in [9.17, 15) is 4.79 Å². The zero-order chi connectivity index (χ0) is 21.5. The lowest BCUT2D eigenvalue weighted by Crippen LogP contribution is -2.34. The van der Waals surface area contributed by atoms with Gasteiger partial charge in [-0.15, -0.1) is 12.4 Å². The molecule has 0 unspecified atom stereocenters. The highest BCUT2D eigenvalue weighted by molar-refractivity contribution is 6.07. The van der Waals surface area contributed by atoms with Crippen molar-refractivity contribution in [2.75, 3.05) is 20.2 Å². The number of nitrogens with one attached hydrogen (secondary N) is 2. The standard InChI is InChI=1S/C26H31N3O2.ClH/c1-31-21-14-12-19(13-15-21)25-18-23(22-10-5-6-11-24(22)29-25)26(30)28-17-7-16-27-20-8-3-2-4-9-20;/h5-6,10-15,18,20,27H,2-4,7-9,16-17H2,1H3,(H,28,30);1H. The van der Waals surface area contributed by atoms with Gasteiger partial charge in [0.2, 0.25) is 0 Å². The van der Waals surface area contributed by atoms with Gasteiger partial charge >= 0.3 is 0 Å². The van der Waals surface area contributed by atoms with E-state index in [0.29, 0.717) is 18.2 Å². The van der Waals surface area contributed by atoms with E-state index < -0.39 is 0 Å². The molecule has 0 bridgehead atoms. The molecule has 170 valence electrons. The van der Waals surface area contributed by atoms with Crippen LogP contribution in [0, 0.1) is 0 Å². The fourth-order valence-corrected chi connectivity index (χ4v) is 4.27. The second kappa shape index (κ2) is 11.8. The highest BCUT2D eigenvalue weighted by Gasteiger charge is 2.15. The molecule has 1 aromatic heterocycles. The molecule has 0 radical (unpaired) electrons. The molecule has 1 heterocycles. The first kappa shape index (κ1) is 24.0. The molecule has 6 heteroatoms. The van der Waals surface area contributed by atoms with Gasteiger partial charge < -0.3 is 15.4 Å². The number of hydrogen-bond donors (Lipinski definition) is 2. The van der Waals surface area contributed by atoms with E-state index in [4.69, 9.17) is 9.72 Å². The van der Waals surface area contributed by atoms with Crippen molar-refractivity contribution in [1.29, 1.82) is 0 Å². The van der Waals surface area contributed by atoms with Crippen LogP contribution in [0.25, 0.3) is 22.2 Å². The van der Waals surface area contributed by atoms with Gasteiger partial charge in [-0.2, -0.15) is 0 Å². The molecule has 1 saturated carbocycles. The van der Waals surface area contributed by atoms with Gasteiger partial charge in [0, 0.05) is 23.5 Å². The van der Waals surface area contributed by atoms with Crippen LogP contribution in [0.2, 0.25) is 0 Å². The van der Waals surface area contributed by atoms with Crippen molar-refractivity contribution in [3.05, 3.63) is 60.2 Å². The first-order valence-electron chi connectivity index (χ1n) is 11.3. The third-order valence-electron chi connectivity index (χ3n) is 6.02. The Labute approximate surface area is 196 Å². The number of nitrogens with zero attached hydrogens (tertiary/aromatic N) is 1. The maximum atomic E-state index is 13.0. The second-order valence-electron chi connectivity index (χ2n) is 8.20. The van der Waals surface area contributed by atoms with E-state index in [1.54, 1.807) is 7.11 Å². The normalized spacial score (nSPS) is 14.0. The molecule has 1 aliphatic rings. The number of halogens is 1. The topological polar surface area (TPSA) is 63.2 Å².